The van der Waals surface area contributed by atoms with E-state index in [1.807, 2.05) is 4.90 Å². The van der Waals surface area contributed by atoms with Crippen molar-refractivity contribution in [3.63, 3.8) is 0 Å². The van der Waals surface area contributed by atoms with Gasteiger partial charge in [0.2, 0.25) is 5.91 Å². The normalized spacial score (nSPS) is 25.2. The van der Waals surface area contributed by atoms with Gasteiger partial charge in [-0.05, 0) is 24.5 Å². The lowest BCUT2D eigenvalue weighted by Gasteiger charge is -2.20. The standard InChI is InChI=1S/C19H27N3O3/c1-13(2)3-4-18(23)22-10-16-15(12-25-17(16)11-22)9-21-19(24)14-5-7-20-8-6-14/h5-8,13,15-17H,3-4,9-12H2,1-2H3,(H,21,24)/t15-,16+,17+/m0/s1. The molecule has 3 atom stereocenters. The quantitative estimate of drug-likeness (QED) is 0.852. The van der Waals surface area contributed by atoms with Crippen molar-refractivity contribution in [2.75, 3.05) is 26.2 Å². The molecule has 2 aliphatic heterocycles. The maximum atomic E-state index is 12.3. The smallest absolute Gasteiger partial charge is 0.251 e. The zero-order valence-corrected chi connectivity index (χ0v) is 15.0. The zero-order valence-electron chi connectivity index (χ0n) is 15.0. The molecule has 136 valence electrons. The minimum absolute atomic E-state index is 0.0892. The molecule has 3 rings (SSSR count). The third-order valence-corrected chi connectivity index (χ3v) is 5.19. The minimum Gasteiger partial charge on any atom is -0.376 e. The number of pyridine rings is 1. The SMILES string of the molecule is CC(C)CCC(=O)N1C[C@@H]2[C@@H](CNC(=O)c3ccncc3)CO[C@@H]2C1. The molecule has 0 radical (unpaired) electrons. The third-order valence-electron chi connectivity index (χ3n) is 5.19. The molecule has 0 aromatic carbocycles. The predicted octanol–water partition coefficient (Wildman–Crippen LogP) is 1.72. The fourth-order valence-corrected chi connectivity index (χ4v) is 3.61. The second-order valence-electron chi connectivity index (χ2n) is 7.47. The maximum Gasteiger partial charge on any atom is 0.251 e. The van der Waals surface area contributed by atoms with Crippen LogP contribution < -0.4 is 5.32 Å². The van der Waals surface area contributed by atoms with Crippen molar-refractivity contribution >= 4 is 11.8 Å². The molecule has 2 amide bonds. The first kappa shape index (κ1) is 17.9. The van der Waals surface area contributed by atoms with Gasteiger partial charge < -0.3 is 15.0 Å². The van der Waals surface area contributed by atoms with Crippen LogP contribution in [0.3, 0.4) is 0 Å². The van der Waals surface area contributed by atoms with Gasteiger partial charge in [0.05, 0.1) is 12.7 Å². The highest BCUT2D eigenvalue weighted by molar-refractivity contribution is 5.93. The Balaban J connectivity index is 1.49. The molecule has 0 unspecified atom stereocenters. The van der Waals surface area contributed by atoms with Crippen molar-refractivity contribution in [1.29, 1.82) is 0 Å². The second-order valence-corrected chi connectivity index (χ2v) is 7.47. The van der Waals surface area contributed by atoms with E-state index in [1.54, 1.807) is 24.5 Å². The van der Waals surface area contributed by atoms with Crippen molar-refractivity contribution < 1.29 is 14.3 Å². The molecule has 1 aromatic heterocycles. The predicted molar refractivity (Wildman–Crippen MR) is 93.9 cm³/mol. The van der Waals surface area contributed by atoms with Crippen LogP contribution in [0.5, 0.6) is 0 Å². The number of rotatable bonds is 6. The van der Waals surface area contributed by atoms with E-state index >= 15 is 0 Å². The number of carbonyl (C=O) groups is 2. The van der Waals surface area contributed by atoms with Crippen LogP contribution in [0, 0.1) is 17.8 Å². The Kier molecular flexibility index (Phi) is 5.68. The number of ether oxygens (including phenoxy) is 1. The highest BCUT2D eigenvalue weighted by Gasteiger charge is 2.44. The van der Waals surface area contributed by atoms with E-state index in [0.717, 1.165) is 13.0 Å². The molecule has 2 saturated heterocycles. The van der Waals surface area contributed by atoms with Crippen molar-refractivity contribution in [3.8, 4) is 0 Å². The Bertz CT molecular complexity index is 605. The van der Waals surface area contributed by atoms with E-state index in [1.165, 1.54) is 0 Å². The molecule has 6 nitrogen and oxygen atoms in total. The van der Waals surface area contributed by atoms with Gasteiger partial charge in [-0.1, -0.05) is 13.8 Å². The highest BCUT2D eigenvalue weighted by atomic mass is 16.5. The number of fused-ring (bicyclic) bond motifs is 1. The van der Waals surface area contributed by atoms with Gasteiger partial charge in [0.15, 0.2) is 0 Å². The van der Waals surface area contributed by atoms with Gasteiger partial charge in [0.1, 0.15) is 0 Å². The van der Waals surface area contributed by atoms with Crippen LogP contribution in [0.15, 0.2) is 24.5 Å². The summed E-state index contributed by atoms with van der Waals surface area (Å²) >= 11 is 0. The first-order valence-corrected chi connectivity index (χ1v) is 9.12. The van der Waals surface area contributed by atoms with E-state index in [9.17, 15) is 9.59 Å². The third kappa shape index (κ3) is 4.37. The van der Waals surface area contributed by atoms with E-state index < -0.39 is 0 Å². The first-order chi connectivity index (χ1) is 12.0. The van der Waals surface area contributed by atoms with E-state index in [-0.39, 0.29) is 23.8 Å². The largest absolute Gasteiger partial charge is 0.376 e. The Morgan fingerprint density at radius 2 is 2.08 bits per heavy atom. The fourth-order valence-electron chi connectivity index (χ4n) is 3.61. The Hall–Kier alpha value is -1.95. The number of carbonyl (C=O) groups excluding carboxylic acids is 2. The van der Waals surface area contributed by atoms with Crippen LogP contribution in [-0.2, 0) is 9.53 Å². The number of amides is 2. The number of hydrogen-bond acceptors (Lipinski definition) is 4. The lowest BCUT2D eigenvalue weighted by atomic mass is 9.93. The molecule has 2 aliphatic rings. The van der Waals surface area contributed by atoms with Crippen LogP contribution in [0.4, 0.5) is 0 Å². The summed E-state index contributed by atoms with van der Waals surface area (Å²) in [5.41, 5.74) is 0.613. The van der Waals surface area contributed by atoms with Crippen LogP contribution >= 0.6 is 0 Å². The maximum absolute atomic E-state index is 12.3. The van der Waals surface area contributed by atoms with E-state index in [4.69, 9.17) is 4.74 Å². The summed E-state index contributed by atoms with van der Waals surface area (Å²) in [6.07, 6.45) is 4.88. The summed E-state index contributed by atoms with van der Waals surface area (Å²) in [6.45, 7) is 6.94. The molecule has 0 saturated carbocycles. The first-order valence-electron chi connectivity index (χ1n) is 9.12. The molecular formula is C19H27N3O3. The molecule has 1 aromatic rings. The van der Waals surface area contributed by atoms with Crippen LogP contribution in [0.25, 0.3) is 0 Å². The van der Waals surface area contributed by atoms with Crippen molar-refractivity contribution in [2.24, 2.45) is 17.8 Å². The molecular weight excluding hydrogens is 318 g/mol. The van der Waals surface area contributed by atoms with Gasteiger partial charge >= 0.3 is 0 Å². The summed E-state index contributed by atoms with van der Waals surface area (Å²) in [5.74, 6) is 1.26. The summed E-state index contributed by atoms with van der Waals surface area (Å²) in [7, 11) is 0. The van der Waals surface area contributed by atoms with Gasteiger partial charge in [-0.15, -0.1) is 0 Å². The van der Waals surface area contributed by atoms with Gasteiger partial charge in [0.25, 0.3) is 5.91 Å². The number of aromatic nitrogens is 1. The summed E-state index contributed by atoms with van der Waals surface area (Å²) in [6, 6.07) is 3.40. The molecule has 6 heteroatoms. The van der Waals surface area contributed by atoms with Crippen molar-refractivity contribution in [1.82, 2.24) is 15.2 Å². The molecule has 2 fully saturated rings. The van der Waals surface area contributed by atoms with Gasteiger partial charge in [-0.3, -0.25) is 14.6 Å². The lowest BCUT2D eigenvalue weighted by Crippen LogP contribution is -2.35. The Morgan fingerprint density at radius 3 is 2.80 bits per heavy atom. The molecule has 0 bridgehead atoms. The number of nitrogens with one attached hydrogen (secondary N) is 1. The Morgan fingerprint density at radius 1 is 1.32 bits per heavy atom. The topological polar surface area (TPSA) is 71.5 Å². The molecule has 0 spiro atoms. The average molecular weight is 345 g/mol. The molecule has 1 N–H and O–H groups in total. The van der Waals surface area contributed by atoms with Gasteiger partial charge in [0, 0.05) is 55.8 Å². The molecule has 25 heavy (non-hydrogen) atoms. The molecule has 0 aliphatic carbocycles. The summed E-state index contributed by atoms with van der Waals surface area (Å²) < 4.78 is 5.88. The van der Waals surface area contributed by atoms with Crippen molar-refractivity contribution in [3.05, 3.63) is 30.1 Å². The average Bonchev–Trinajstić information content (AvgIpc) is 3.19. The fraction of sp³-hybridized carbons (Fsp3) is 0.632. The second kappa shape index (κ2) is 7.95. The van der Waals surface area contributed by atoms with Gasteiger partial charge in [-0.25, -0.2) is 0 Å². The number of nitrogens with zero attached hydrogens (tertiary/aromatic N) is 2. The molecule has 3 heterocycles. The zero-order chi connectivity index (χ0) is 17.8. The number of likely N-dealkylation sites (tertiary alicyclic amines) is 1. The van der Waals surface area contributed by atoms with Crippen molar-refractivity contribution in [2.45, 2.75) is 32.8 Å². The van der Waals surface area contributed by atoms with Crippen LogP contribution in [-0.4, -0.2) is 54.0 Å². The monoisotopic (exact) mass is 345 g/mol. The van der Waals surface area contributed by atoms with Crippen LogP contribution in [0.2, 0.25) is 0 Å². The number of hydrogen-bond donors (Lipinski definition) is 1. The van der Waals surface area contributed by atoms with Crippen LogP contribution in [0.1, 0.15) is 37.0 Å². The summed E-state index contributed by atoms with van der Waals surface area (Å²) in [4.78, 5) is 30.4. The van der Waals surface area contributed by atoms with E-state index in [0.29, 0.717) is 43.5 Å². The Labute approximate surface area is 148 Å². The summed E-state index contributed by atoms with van der Waals surface area (Å²) in [5, 5.41) is 2.99. The highest BCUT2D eigenvalue weighted by Crippen LogP contribution is 2.33. The van der Waals surface area contributed by atoms with E-state index in [2.05, 4.69) is 24.1 Å². The minimum atomic E-state index is -0.0892. The lowest BCUT2D eigenvalue weighted by molar-refractivity contribution is -0.131. The van der Waals surface area contributed by atoms with Gasteiger partial charge in [-0.2, -0.15) is 0 Å².